The molecule has 0 fully saturated rings. The molecule has 0 amide bonds. The number of hydrogen-bond acceptors (Lipinski definition) is 2. The Morgan fingerprint density at radius 1 is 1.22 bits per heavy atom. The van der Waals surface area contributed by atoms with Crippen LogP contribution in [0.2, 0.25) is 0 Å². The Kier molecular flexibility index (Phi) is 4.97. The van der Waals surface area contributed by atoms with E-state index in [0.29, 0.717) is 6.04 Å². The molecule has 0 aliphatic carbocycles. The van der Waals surface area contributed by atoms with Gasteiger partial charge in [0.25, 0.3) is 0 Å². The van der Waals surface area contributed by atoms with Gasteiger partial charge in [-0.1, -0.05) is 37.6 Å². The smallest absolute Gasteiger partial charge is 0.0358 e. The highest BCUT2D eigenvalue weighted by atomic mass is 32.1. The zero-order valence-electron chi connectivity index (χ0n) is 11.1. The Labute approximate surface area is 114 Å². The summed E-state index contributed by atoms with van der Waals surface area (Å²) < 4.78 is 0. The average molecular weight is 259 g/mol. The number of benzene rings is 1. The largest absolute Gasteiger partial charge is 0.313 e. The van der Waals surface area contributed by atoms with Crippen LogP contribution in [0.15, 0.2) is 41.1 Å². The fourth-order valence-electron chi connectivity index (χ4n) is 2.29. The van der Waals surface area contributed by atoms with Crippen LogP contribution >= 0.6 is 11.3 Å². The minimum absolute atomic E-state index is 0.413. The van der Waals surface area contributed by atoms with E-state index in [2.05, 4.69) is 53.3 Å². The van der Waals surface area contributed by atoms with E-state index in [1.54, 1.807) is 11.3 Å². The number of hydrogen-bond donors (Lipinski definition) is 1. The molecule has 96 valence electrons. The van der Waals surface area contributed by atoms with Crippen molar-refractivity contribution in [2.24, 2.45) is 0 Å². The molecule has 0 saturated carbocycles. The molecule has 1 aromatic heterocycles. The molecule has 2 rings (SSSR count). The van der Waals surface area contributed by atoms with Crippen molar-refractivity contribution in [2.45, 2.75) is 32.2 Å². The number of nitrogens with one attached hydrogen (secondary N) is 1. The van der Waals surface area contributed by atoms with E-state index in [0.717, 1.165) is 6.42 Å². The van der Waals surface area contributed by atoms with Crippen molar-refractivity contribution in [1.82, 2.24) is 5.32 Å². The maximum atomic E-state index is 3.43. The normalized spacial score (nSPS) is 12.6. The van der Waals surface area contributed by atoms with Gasteiger partial charge in [0.1, 0.15) is 0 Å². The highest BCUT2D eigenvalue weighted by Crippen LogP contribution is 2.21. The lowest BCUT2D eigenvalue weighted by molar-refractivity contribution is 0.592. The van der Waals surface area contributed by atoms with Gasteiger partial charge in [-0.2, -0.15) is 11.3 Å². The van der Waals surface area contributed by atoms with Crippen molar-refractivity contribution in [3.63, 3.8) is 0 Å². The fourth-order valence-corrected chi connectivity index (χ4v) is 2.97. The van der Waals surface area contributed by atoms with Crippen LogP contribution in [-0.4, -0.2) is 7.05 Å². The second kappa shape index (κ2) is 6.72. The van der Waals surface area contributed by atoms with Crippen molar-refractivity contribution >= 4 is 11.3 Å². The third kappa shape index (κ3) is 3.44. The minimum Gasteiger partial charge on any atom is -0.313 e. The maximum Gasteiger partial charge on any atom is 0.0358 e. The predicted molar refractivity (Wildman–Crippen MR) is 80.3 cm³/mol. The summed E-state index contributed by atoms with van der Waals surface area (Å²) in [5.41, 5.74) is 4.26. The average Bonchev–Trinajstić information content (AvgIpc) is 2.89. The van der Waals surface area contributed by atoms with Crippen molar-refractivity contribution < 1.29 is 0 Å². The third-order valence-electron chi connectivity index (χ3n) is 3.26. The summed E-state index contributed by atoms with van der Waals surface area (Å²) in [6.07, 6.45) is 3.44. The van der Waals surface area contributed by atoms with Gasteiger partial charge in [-0.3, -0.25) is 0 Å². The van der Waals surface area contributed by atoms with Crippen LogP contribution < -0.4 is 5.32 Å². The fraction of sp³-hybridized carbons (Fsp3) is 0.375. The van der Waals surface area contributed by atoms with Crippen molar-refractivity contribution in [2.75, 3.05) is 7.05 Å². The quantitative estimate of drug-likeness (QED) is 0.819. The van der Waals surface area contributed by atoms with Gasteiger partial charge in [0, 0.05) is 6.04 Å². The number of aryl methyl sites for hydroxylation is 1. The Morgan fingerprint density at radius 3 is 2.78 bits per heavy atom. The minimum atomic E-state index is 0.413. The van der Waals surface area contributed by atoms with Crippen LogP contribution in [0.3, 0.4) is 0 Å². The molecule has 2 aromatic rings. The Balaban J connectivity index is 2.13. The lowest BCUT2D eigenvalue weighted by Crippen LogP contribution is -2.18. The molecular weight excluding hydrogens is 238 g/mol. The van der Waals surface area contributed by atoms with E-state index in [4.69, 9.17) is 0 Å². The van der Waals surface area contributed by atoms with Gasteiger partial charge in [0.05, 0.1) is 0 Å². The zero-order chi connectivity index (χ0) is 12.8. The summed E-state index contributed by atoms with van der Waals surface area (Å²) >= 11 is 1.77. The van der Waals surface area contributed by atoms with Crippen molar-refractivity contribution in [3.8, 4) is 0 Å². The first-order valence-electron chi connectivity index (χ1n) is 6.60. The SMILES string of the molecule is CCCc1cccc(C(Cc2ccsc2)NC)c1. The number of rotatable bonds is 6. The predicted octanol–water partition coefficient (Wildman–Crippen LogP) is 4.20. The first-order valence-corrected chi connectivity index (χ1v) is 7.55. The van der Waals surface area contributed by atoms with Crippen LogP contribution in [0, 0.1) is 0 Å². The standard InChI is InChI=1S/C16H21NS/c1-3-5-13-6-4-7-15(10-13)16(17-2)11-14-8-9-18-12-14/h4,6-10,12,16-17H,3,5,11H2,1-2H3. The lowest BCUT2D eigenvalue weighted by Gasteiger charge is -2.17. The van der Waals surface area contributed by atoms with E-state index >= 15 is 0 Å². The molecule has 0 aliphatic heterocycles. The topological polar surface area (TPSA) is 12.0 Å². The first kappa shape index (κ1) is 13.3. The summed E-state index contributed by atoms with van der Waals surface area (Å²) in [5.74, 6) is 0. The van der Waals surface area contributed by atoms with Gasteiger partial charge in [-0.05, 0) is 53.4 Å². The molecule has 18 heavy (non-hydrogen) atoms. The summed E-state index contributed by atoms with van der Waals surface area (Å²) in [5, 5.41) is 7.82. The number of likely N-dealkylation sites (N-methyl/N-ethyl adjacent to an activating group) is 1. The summed E-state index contributed by atoms with van der Waals surface area (Å²) in [6.45, 7) is 2.23. The molecule has 1 nitrogen and oxygen atoms in total. The Bertz CT molecular complexity index is 462. The summed E-state index contributed by atoms with van der Waals surface area (Å²) in [4.78, 5) is 0. The summed E-state index contributed by atoms with van der Waals surface area (Å²) in [6, 6.07) is 11.6. The second-order valence-corrected chi connectivity index (χ2v) is 5.45. The van der Waals surface area contributed by atoms with Crippen molar-refractivity contribution in [1.29, 1.82) is 0 Å². The van der Waals surface area contributed by atoms with Crippen LogP contribution in [0.1, 0.15) is 36.1 Å². The molecule has 1 N–H and O–H groups in total. The number of thiophene rings is 1. The molecule has 0 aliphatic rings. The van der Waals surface area contributed by atoms with E-state index in [-0.39, 0.29) is 0 Å². The molecule has 0 spiro atoms. The van der Waals surface area contributed by atoms with E-state index in [1.807, 2.05) is 7.05 Å². The maximum absolute atomic E-state index is 3.43. The molecular formula is C16H21NS. The van der Waals surface area contributed by atoms with E-state index < -0.39 is 0 Å². The van der Waals surface area contributed by atoms with Gasteiger partial charge in [0.15, 0.2) is 0 Å². The Hall–Kier alpha value is -1.12. The molecule has 0 bridgehead atoms. The van der Waals surface area contributed by atoms with Gasteiger partial charge in [-0.25, -0.2) is 0 Å². The zero-order valence-corrected chi connectivity index (χ0v) is 12.0. The molecule has 1 unspecified atom stereocenters. The molecule has 1 atom stereocenters. The van der Waals surface area contributed by atoms with Gasteiger partial charge in [0.2, 0.25) is 0 Å². The van der Waals surface area contributed by atoms with Crippen molar-refractivity contribution in [3.05, 3.63) is 57.8 Å². The first-order chi connectivity index (χ1) is 8.83. The second-order valence-electron chi connectivity index (χ2n) is 4.67. The van der Waals surface area contributed by atoms with Crippen LogP contribution in [0.4, 0.5) is 0 Å². The molecule has 1 aromatic carbocycles. The third-order valence-corrected chi connectivity index (χ3v) is 3.99. The molecule has 1 heterocycles. The monoisotopic (exact) mass is 259 g/mol. The lowest BCUT2D eigenvalue weighted by atomic mass is 9.97. The van der Waals surface area contributed by atoms with Crippen LogP contribution in [0.25, 0.3) is 0 Å². The van der Waals surface area contributed by atoms with Gasteiger partial charge < -0.3 is 5.32 Å². The van der Waals surface area contributed by atoms with E-state index in [1.165, 1.54) is 29.5 Å². The highest BCUT2D eigenvalue weighted by Gasteiger charge is 2.10. The molecule has 0 radical (unpaired) electrons. The Morgan fingerprint density at radius 2 is 2.11 bits per heavy atom. The van der Waals surface area contributed by atoms with Crippen LogP contribution in [0.5, 0.6) is 0 Å². The molecule has 2 heteroatoms. The molecule has 0 saturated heterocycles. The van der Waals surface area contributed by atoms with Crippen LogP contribution in [-0.2, 0) is 12.8 Å². The highest BCUT2D eigenvalue weighted by molar-refractivity contribution is 7.07. The van der Waals surface area contributed by atoms with Gasteiger partial charge in [-0.15, -0.1) is 0 Å². The van der Waals surface area contributed by atoms with Gasteiger partial charge >= 0.3 is 0 Å². The van der Waals surface area contributed by atoms with E-state index in [9.17, 15) is 0 Å². The summed E-state index contributed by atoms with van der Waals surface area (Å²) in [7, 11) is 2.05.